The summed E-state index contributed by atoms with van der Waals surface area (Å²) in [6.45, 7) is 7.64. The number of aromatic nitrogens is 1. The molecule has 3 N–H and O–H groups in total. The zero-order valence-corrected chi connectivity index (χ0v) is 35.4. The summed E-state index contributed by atoms with van der Waals surface area (Å²) >= 11 is 7.91. The average Bonchev–Trinajstić information content (AvgIpc) is 3.26. The number of amides is 1. The minimum atomic E-state index is -4.12. The van der Waals surface area contributed by atoms with Crippen molar-refractivity contribution in [3.63, 3.8) is 0 Å². The minimum absolute atomic E-state index is 0.0337. The van der Waals surface area contributed by atoms with Crippen molar-refractivity contribution in [2.45, 2.75) is 42.3 Å². The highest BCUT2D eigenvalue weighted by molar-refractivity contribution is 7.99. The average molecular weight is 846 g/mol. The van der Waals surface area contributed by atoms with Crippen LogP contribution in [0.3, 0.4) is 0 Å². The molecule has 0 saturated carbocycles. The molecule has 5 aromatic carbocycles. The molecule has 1 aromatic heterocycles. The Kier molecular flexibility index (Phi) is 14.4. The third kappa shape index (κ3) is 11.7. The fourth-order valence-electron chi connectivity index (χ4n) is 7.13. The number of benzene rings is 5. The first-order valence-electron chi connectivity index (χ1n) is 19.8. The molecule has 1 aliphatic heterocycles. The maximum absolute atomic E-state index is 13.5. The van der Waals surface area contributed by atoms with E-state index in [9.17, 15) is 13.2 Å². The summed E-state index contributed by atoms with van der Waals surface area (Å²) in [5, 5.41) is 7.86. The van der Waals surface area contributed by atoms with Crippen LogP contribution in [-0.2, 0) is 23.1 Å². The van der Waals surface area contributed by atoms with Crippen molar-refractivity contribution in [2.75, 3.05) is 48.7 Å². The molecule has 2 heterocycles. The Morgan fingerprint density at radius 1 is 0.831 bits per heavy atom. The van der Waals surface area contributed by atoms with Crippen LogP contribution < -0.4 is 20.3 Å². The third-order valence-electron chi connectivity index (χ3n) is 10.4. The number of thioether (sulfide) groups is 1. The van der Waals surface area contributed by atoms with Gasteiger partial charge in [0.25, 0.3) is 15.9 Å². The molecule has 0 bridgehead atoms. The molecule has 1 saturated heterocycles. The van der Waals surface area contributed by atoms with Gasteiger partial charge in [-0.15, -0.1) is 11.8 Å². The summed E-state index contributed by atoms with van der Waals surface area (Å²) in [5.74, 6) is 0.150. The zero-order valence-electron chi connectivity index (χ0n) is 33.1. The fraction of sp³-hybridized carbons (Fsp3) is 0.234. The molecule has 0 spiro atoms. The smallest absolute Gasteiger partial charge is 0.264 e. The molecule has 1 amide bonds. The number of aryl methyl sites for hydroxylation is 1. The van der Waals surface area contributed by atoms with Gasteiger partial charge in [-0.3, -0.25) is 14.7 Å². The van der Waals surface area contributed by atoms with Gasteiger partial charge in [-0.05, 0) is 121 Å². The van der Waals surface area contributed by atoms with E-state index in [2.05, 4.69) is 78.7 Å². The molecule has 9 nitrogen and oxygen atoms in total. The van der Waals surface area contributed by atoms with Gasteiger partial charge in [-0.1, -0.05) is 72.3 Å². The standard InChI is InChI=1S/C47H49ClN6O3S2/c1-35-31-44(22-23-46(35)51-41(34-58-43-11-3-2-4-12-43)24-26-49-32-40-10-7-8-25-50-40)59(56,57)52-47(55)37-16-20-42(21-17-37)54-29-27-53(28-30-54)33-38-9-5-6-13-45(38)36-14-18-39(48)19-15-36/h2-23,25,31,41,49,51H,24,26-30,32-34H2,1H3,(H,52,55)/t41-/m1/s1. The number of hydrogen-bond acceptors (Lipinski definition) is 9. The number of piperazine rings is 1. The summed E-state index contributed by atoms with van der Waals surface area (Å²) in [5.41, 5.74) is 7.51. The van der Waals surface area contributed by atoms with E-state index in [1.165, 1.54) is 16.0 Å². The van der Waals surface area contributed by atoms with Crippen molar-refractivity contribution in [1.82, 2.24) is 19.9 Å². The highest BCUT2D eigenvalue weighted by Gasteiger charge is 2.22. The molecular weight excluding hydrogens is 796 g/mol. The SMILES string of the molecule is Cc1cc(S(=O)(=O)NC(=O)c2ccc(N3CCN(Cc4ccccc4-c4ccc(Cl)cc4)CC3)cc2)ccc1N[C@H](CCNCc1ccccn1)CSc1ccccc1. The highest BCUT2D eigenvalue weighted by Crippen LogP contribution is 2.28. The monoisotopic (exact) mass is 844 g/mol. The van der Waals surface area contributed by atoms with Gasteiger partial charge in [0.15, 0.2) is 0 Å². The summed E-state index contributed by atoms with van der Waals surface area (Å²) in [7, 11) is -4.12. The number of halogens is 1. The van der Waals surface area contributed by atoms with Crippen molar-refractivity contribution in [2.24, 2.45) is 0 Å². The zero-order chi connectivity index (χ0) is 41.0. The highest BCUT2D eigenvalue weighted by atomic mass is 35.5. The molecule has 304 valence electrons. The Bertz CT molecular complexity index is 2400. The van der Waals surface area contributed by atoms with E-state index in [-0.39, 0.29) is 16.5 Å². The van der Waals surface area contributed by atoms with Crippen LogP contribution in [0.5, 0.6) is 0 Å². The second-order valence-electron chi connectivity index (χ2n) is 14.6. The molecule has 1 aliphatic rings. The number of sulfonamides is 1. The molecule has 1 fully saturated rings. The van der Waals surface area contributed by atoms with Crippen LogP contribution in [0.15, 0.2) is 156 Å². The molecule has 59 heavy (non-hydrogen) atoms. The number of rotatable bonds is 17. The quantitative estimate of drug-likeness (QED) is 0.0614. The number of carbonyl (C=O) groups excluding carboxylic acids is 1. The van der Waals surface area contributed by atoms with Gasteiger partial charge in [-0.2, -0.15) is 0 Å². The van der Waals surface area contributed by atoms with Crippen LogP contribution in [0.1, 0.15) is 33.6 Å². The Balaban J connectivity index is 0.920. The van der Waals surface area contributed by atoms with Gasteiger partial charge < -0.3 is 15.5 Å². The largest absolute Gasteiger partial charge is 0.381 e. The number of carbonyl (C=O) groups is 1. The Morgan fingerprint density at radius 2 is 1.56 bits per heavy atom. The number of anilines is 2. The normalized spacial score (nSPS) is 13.8. The summed E-state index contributed by atoms with van der Waals surface area (Å²) in [6, 6.07) is 44.8. The first-order chi connectivity index (χ1) is 28.7. The first kappa shape index (κ1) is 42.0. The van der Waals surface area contributed by atoms with Crippen LogP contribution in [0.2, 0.25) is 5.02 Å². The van der Waals surface area contributed by atoms with Gasteiger partial charge in [0.1, 0.15) is 0 Å². The maximum Gasteiger partial charge on any atom is 0.264 e. The van der Waals surface area contributed by atoms with E-state index in [4.69, 9.17) is 11.6 Å². The fourth-order valence-corrected chi connectivity index (χ4v) is 9.31. The predicted octanol–water partition coefficient (Wildman–Crippen LogP) is 8.90. The lowest BCUT2D eigenvalue weighted by Crippen LogP contribution is -2.46. The molecule has 6 aromatic rings. The number of hydrogen-bond donors (Lipinski definition) is 3. The van der Waals surface area contributed by atoms with Crippen LogP contribution in [0, 0.1) is 6.92 Å². The molecule has 12 heteroatoms. The Hall–Kier alpha value is -5.17. The number of nitrogens with zero attached hydrogens (tertiary/aromatic N) is 3. The first-order valence-corrected chi connectivity index (χ1v) is 22.7. The van der Waals surface area contributed by atoms with Crippen LogP contribution in [0.25, 0.3) is 11.1 Å². The van der Waals surface area contributed by atoms with Crippen LogP contribution >= 0.6 is 23.4 Å². The topological polar surface area (TPSA) is 107 Å². The summed E-state index contributed by atoms with van der Waals surface area (Å²) in [6.07, 6.45) is 2.64. The second kappa shape index (κ2) is 20.2. The van der Waals surface area contributed by atoms with Crippen molar-refractivity contribution >= 4 is 50.7 Å². The van der Waals surface area contributed by atoms with Crippen LogP contribution in [-0.4, -0.2) is 68.7 Å². The number of nitrogens with one attached hydrogen (secondary N) is 3. The van der Waals surface area contributed by atoms with Gasteiger partial charge >= 0.3 is 0 Å². The lowest BCUT2D eigenvalue weighted by atomic mass is 9.99. The van der Waals surface area contributed by atoms with Crippen LogP contribution in [0.4, 0.5) is 11.4 Å². The van der Waals surface area contributed by atoms with Crippen molar-refractivity contribution < 1.29 is 13.2 Å². The van der Waals surface area contributed by atoms with Gasteiger partial charge in [0.2, 0.25) is 0 Å². The molecule has 0 unspecified atom stereocenters. The van der Waals surface area contributed by atoms with E-state index in [0.29, 0.717) is 6.54 Å². The van der Waals surface area contributed by atoms with Gasteiger partial charge in [0.05, 0.1) is 10.6 Å². The lowest BCUT2D eigenvalue weighted by Gasteiger charge is -2.36. The third-order valence-corrected chi connectivity index (χ3v) is 13.2. The van der Waals surface area contributed by atoms with E-state index in [1.807, 2.05) is 67.6 Å². The Morgan fingerprint density at radius 3 is 2.29 bits per heavy atom. The molecule has 1 atom stereocenters. The van der Waals surface area contributed by atoms with E-state index >= 15 is 0 Å². The molecule has 0 aliphatic carbocycles. The number of pyridine rings is 1. The second-order valence-corrected chi connectivity index (χ2v) is 17.8. The minimum Gasteiger partial charge on any atom is -0.381 e. The van der Waals surface area contributed by atoms with E-state index in [0.717, 1.165) is 84.7 Å². The molecular formula is C47H49ClN6O3S2. The van der Waals surface area contributed by atoms with E-state index in [1.54, 1.807) is 48.3 Å². The summed E-state index contributed by atoms with van der Waals surface area (Å²) < 4.78 is 29.2. The van der Waals surface area contributed by atoms with Crippen molar-refractivity contribution in [3.05, 3.63) is 173 Å². The molecule has 7 rings (SSSR count). The molecule has 0 radical (unpaired) electrons. The summed E-state index contributed by atoms with van der Waals surface area (Å²) in [4.78, 5) is 23.6. The van der Waals surface area contributed by atoms with Crippen molar-refractivity contribution in [3.8, 4) is 11.1 Å². The van der Waals surface area contributed by atoms with Gasteiger partial charge in [0, 0.05) is 84.1 Å². The predicted molar refractivity (Wildman–Crippen MR) is 242 cm³/mol. The lowest BCUT2D eigenvalue weighted by molar-refractivity contribution is 0.0981. The van der Waals surface area contributed by atoms with Crippen molar-refractivity contribution in [1.29, 1.82) is 0 Å². The Labute approximate surface area is 357 Å². The maximum atomic E-state index is 13.5. The van der Waals surface area contributed by atoms with E-state index < -0.39 is 15.9 Å². The van der Waals surface area contributed by atoms with Gasteiger partial charge in [-0.25, -0.2) is 13.1 Å².